The number of aliphatic hydroxyl groups excluding tert-OH is 1. The summed E-state index contributed by atoms with van der Waals surface area (Å²) >= 11 is 0. The number of hydrogen-bond donors (Lipinski definition) is 3. The van der Waals surface area contributed by atoms with Gasteiger partial charge in [0.2, 0.25) is 5.76 Å². The second-order valence-electron chi connectivity index (χ2n) is 6.18. The van der Waals surface area contributed by atoms with Crippen LogP contribution in [0, 0.1) is 0 Å². The second kappa shape index (κ2) is 18.7. The Morgan fingerprint density at radius 2 is 1.24 bits per heavy atom. The van der Waals surface area contributed by atoms with Crippen LogP contribution in [0.1, 0.15) is 77.0 Å². The van der Waals surface area contributed by atoms with Crippen LogP contribution in [0.5, 0.6) is 0 Å². The molecule has 0 saturated heterocycles. The molecule has 0 aliphatic rings. The zero-order valence-corrected chi connectivity index (χ0v) is 15.2. The Bertz CT molecular complexity index is 399. The SMILES string of the molecule is O=C(O)C(O)=CC=CC=CCCCCCCCCCCCCCOO. The highest BCUT2D eigenvalue weighted by atomic mass is 17.1. The third-order valence-corrected chi connectivity index (χ3v) is 3.94. The molecule has 5 nitrogen and oxygen atoms in total. The summed E-state index contributed by atoms with van der Waals surface area (Å²) in [7, 11) is 0. The fourth-order valence-corrected chi connectivity index (χ4v) is 2.48. The first kappa shape index (κ1) is 23.4. The molecule has 0 heterocycles. The van der Waals surface area contributed by atoms with Crippen molar-refractivity contribution in [2.75, 3.05) is 6.61 Å². The quantitative estimate of drug-likeness (QED) is 0.0767. The zero-order valence-electron chi connectivity index (χ0n) is 15.2. The van der Waals surface area contributed by atoms with Gasteiger partial charge >= 0.3 is 5.97 Å². The standard InChI is InChI=1S/C20H34O5/c21-19(20(22)23)17-15-13-11-9-7-5-3-1-2-4-6-8-10-12-14-16-18-25-24/h9,11,13,15,17,21,24H,1-8,10,12,14,16,18H2,(H,22,23). The topological polar surface area (TPSA) is 87.0 Å². The number of aliphatic hydroxyl groups is 1. The number of hydrogen-bond acceptors (Lipinski definition) is 4. The smallest absolute Gasteiger partial charge is 0.370 e. The molecule has 0 unspecified atom stereocenters. The third kappa shape index (κ3) is 18.6. The predicted octanol–water partition coefficient (Wildman–Crippen LogP) is 5.80. The summed E-state index contributed by atoms with van der Waals surface area (Å²) in [4.78, 5) is 14.4. The first-order chi connectivity index (χ1) is 12.2. The van der Waals surface area contributed by atoms with E-state index in [4.69, 9.17) is 15.5 Å². The molecule has 0 radical (unpaired) electrons. The van der Waals surface area contributed by atoms with Crippen molar-refractivity contribution in [2.24, 2.45) is 0 Å². The number of aliphatic carboxylic acids is 1. The number of carboxylic acid groups (broad SMARTS) is 1. The van der Waals surface area contributed by atoms with Gasteiger partial charge in [-0.05, 0) is 25.3 Å². The van der Waals surface area contributed by atoms with Crippen molar-refractivity contribution in [3.63, 3.8) is 0 Å². The molecule has 0 aliphatic carbocycles. The molecular weight excluding hydrogens is 320 g/mol. The van der Waals surface area contributed by atoms with E-state index in [2.05, 4.69) is 11.0 Å². The summed E-state index contributed by atoms with van der Waals surface area (Å²) < 4.78 is 0. The lowest BCUT2D eigenvalue weighted by atomic mass is 10.1. The Morgan fingerprint density at radius 3 is 1.76 bits per heavy atom. The largest absolute Gasteiger partial charge is 0.502 e. The van der Waals surface area contributed by atoms with E-state index < -0.39 is 11.7 Å². The van der Waals surface area contributed by atoms with Crippen LogP contribution < -0.4 is 0 Å². The molecule has 0 atom stereocenters. The van der Waals surface area contributed by atoms with Crippen molar-refractivity contribution in [3.05, 3.63) is 36.1 Å². The molecule has 0 aromatic heterocycles. The molecule has 0 aromatic carbocycles. The highest BCUT2D eigenvalue weighted by Gasteiger charge is 1.99. The highest BCUT2D eigenvalue weighted by Crippen LogP contribution is 2.12. The van der Waals surface area contributed by atoms with Crippen LogP contribution in [0.2, 0.25) is 0 Å². The average Bonchev–Trinajstić information content (AvgIpc) is 2.60. The summed E-state index contributed by atoms with van der Waals surface area (Å²) in [6.07, 6.45) is 22.9. The van der Waals surface area contributed by atoms with E-state index in [1.165, 1.54) is 63.9 Å². The Kier molecular flexibility index (Phi) is 17.6. The zero-order chi connectivity index (χ0) is 18.6. The number of carboxylic acids is 1. The Balaban J connectivity index is 3.28. The molecule has 0 fully saturated rings. The first-order valence-corrected chi connectivity index (χ1v) is 9.40. The van der Waals surface area contributed by atoms with E-state index in [0.29, 0.717) is 6.61 Å². The predicted molar refractivity (Wildman–Crippen MR) is 101 cm³/mol. The maximum absolute atomic E-state index is 10.3. The summed E-state index contributed by atoms with van der Waals surface area (Å²) in [6, 6.07) is 0. The van der Waals surface area contributed by atoms with Crippen LogP contribution in [-0.4, -0.2) is 28.0 Å². The van der Waals surface area contributed by atoms with E-state index in [1.807, 2.05) is 6.08 Å². The van der Waals surface area contributed by atoms with Crippen molar-refractivity contribution < 1.29 is 25.2 Å². The molecule has 0 amide bonds. The first-order valence-electron chi connectivity index (χ1n) is 9.40. The van der Waals surface area contributed by atoms with E-state index in [0.717, 1.165) is 25.3 Å². The van der Waals surface area contributed by atoms with Crippen molar-refractivity contribution >= 4 is 5.97 Å². The van der Waals surface area contributed by atoms with Crippen molar-refractivity contribution in [3.8, 4) is 0 Å². The van der Waals surface area contributed by atoms with Crippen LogP contribution in [0.3, 0.4) is 0 Å². The molecule has 3 N–H and O–H groups in total. The Hall–Kier alpha value is -1.59. The van der Waals surface area contributed by atoms with E-state index in [-0.39, 0.29) is 0 Å². The minimum atomic E-state index is -1.32. The van der Waals surface area contributed by atoms with Crippen LogP contribution in [0.15, 0.2) is 36.1 Å². The van der Waals surface area contributed by atoms with Gasteiger partial charge in [-0.1, -0.05) is 82.1 Å². The van der Waals surface area contributed by atoms with E-state index in [9.17, 15) is 4.79 Å². The fraction of sp³-hybridized carbons (Fsp3) is 0.650. The van der Waals surface area contributed by atoms with Gasteiger partial charge in [0.15, 0.2) is 0 Å². The molecule has 5 heteroatoms. The van der Waals surface area contributed by atoms with Crippen LogP contribution in [-0.2, 0) is 9.68 Å². The van der Waals surface area contributed by atoms with Crippen LogP contribution in [0.4, 0.5) is 0 Å². The number of allylic oxidation sites excluding steroid dienone is 5. The van der Waals surface area contributed by atoms with Gasteiger partial charge in [-0.15, -0.1) is 0 Å². The number of unbranched alkanes of at least 4 members (excludes halogenated alkanes) is 11. The number of rotatable bonds is 17. The monoisotopic (exact) mass is 354 g/mol. The normalized spacial score (nSPS) is 12.4. The Morgan fingerprint density at radius 1 is 0.720 bits per heavy atom. The summed E-state index contributed by atoms with van der Waals surface area (Å²) in [5.74, 6) is -1.97. The molecule has 144 valence electrons. The summed E-state index contributed by atoms with van der Waals surface area (Å²) in [5, 5.41) is 25.6. The average molecular weight is 354 g/mol. The molecular formula is C20H34O5. The molecule has 0 saturated carbocycles. The third-order valence-electron chi connectivity index (χ3n) is 3.94. The molecule has 0 bridgehead atoms. The van der Waals surface area contributed by atoms with Gasteiger partial charge < -0.3 is 10.2 Å². The van der Waals surface area contributed by atoms with Gasteiger partial charge in [-0.3, -0.25) is 5.26 Å². The van der Waals surface area contributed by atoms with Gasteiger partial charge in [0, 0.05) is 0 Å². The van der Waals surface area contributed by atoms with Gasteiger partial charge in [0.1, 0.15) is 0 Å². The van der Waals surface area contributed by atoms with Gasteiger partial charge in [0.05, 0.1) is 6.61 Å². The lowest BCUT2D eigenvalue weighted by molar-refractivity contribution is -0.242. The number of carbonyl (C=O) groups is 1. The lowest BCUT2D eigenvalue weighted by Gasteiger charge is -2.02. The van der Waals surface area contributed by atoms with Crippen LogP contribution in [0.25, 0.3) is 0 Å². The highest BCUT2D eigenvalue weighted by molar-refractivity contribution is 5.83. The second-order valence-corrected chi connectivity index (χ2v) is 6.18. The molecule has 0 rings (SSSR count). The molecule has 25 heavy (non-hydrogen) atoms. The summed E-state index contributed by atoms with van der Waals surface area (Å²) in [6.45, 7) is 0.455. The van der Waals surface area contributed by atoms with Gasteiger partial charge in [0.25, 0.3) is 0 Å². The lowest BCUT2D eigenvalue weighted by Crippen LogP contribution is -1.97. The van der Waals surface area contributed by atoms with Crippen molar-refractivity contribution in [1.29, 1.82) is 0 Å². The summed E-state index contributed by atoms with van der Waals surface area (Å²) in [5.41, 5.74) is 0. The van der Waals surface area contributed by atoms with Gasteiger partial charge in [-0.2, -0.15) is 0 Å². The minimum Gasteiger partial charge on any atom is -0.502 e. The van der Waals surface area contributed by atoms with Crippen molar-refractivity contribution in [2.45, 2.75) is 77.0 Å². The minimum absolute atomic E-state index is 0.455. The fourth-order valence-electron chi connectivity index (χ4n) is 2.48. The van der Waals surface area contributed by atoms with Gasteiger partial charge in [-0.25, -0.2) is 9.68 Å². The molecule has 0 aliphatic heterocycles. The molecule has 0 spiro atoms. The maximum atomic E-state index is 10.3. The van der Waals surface area contributed by atoms with E-state index >= 15 is 0 Å². The Labute approximate surface area is 151 Å². The van der Waals surface area contributed by atoms with Crippen LogP contribution >= 0.6 is 0 Å². The van der Waals surface area contributed by atoms with E-state index in [1.54, 1.807) is 6.08 Å². The van der Waals surface area contributed by atoms with Crippen molar-refractivity contribution in [1.82, 2.24) is 0 Å². The maximum Gasteiger partial charge on any atom is 0.370 e. The molecule has 0 aromatic rings.